The second kappa shape index (κ2) is 5.66. The zero-order valence-corrected chi connectivity index (χ0v) is 9.74. The van der Waals surface area contributed by atoms with E-state index in [9.17, 15) is 9.59 Å². The van der Waals surface area contributed by atoms with Gasteiger partial charge in [0.25, 0.3) is 0 Å². The first-order valence-corrected chi connectivity index (χ1v) is 5.99. The van der Waals surface area contributed by atoms with Gasteiger partial charge in [-0.05, 0) is 37.8 Å². The highest BCUT2D eigenvalue weighted by Gasteiger charge is 2.17. The molecule has 0 aromatic rings. The van der Waals surface area contributed by atoms with E-state index in [2.05, 4.69) is 0 Å². The van der Waals surface area contributed by atoms with Gasteiger partial charge in [-0.3, -0.25) is 0 Å². The zero-order chi connectivity index (χ0) is 12.1. The van der Waals surface area contributed by atoms with E-state index in [1.54, 1.807) is 0 Å². The summed E-state index contributed by atoms with van der Waals surface area (Å²) in [5, 5.41) is 0. The molecule has 0 radical (unpaired) electrons. The van der Waals surface area contributed by atoms with Gasteiger partial charge in [0.2, 0.25) is 0 Å². The van der Waals surface area contributed by atoms with Crippen LogP contribution in [0.3, 0.4) is 0 Å². The number of rotatable bonds is 6. The fraction of sp³-hybridized carbons (Fsp3) is 0.538. The number of esters is 2. The first-order valence-electron chi connectivity index (χ1n) is 5.99. The van der Waals surface area contributed by atoms with Gasteiger partial charge in [-0.2, -0.15) is 0 Å². The Morgan fingerprint density at radius 2 is 1.29 bits per heavy atom. The topological polar surface area (TPSA) is 52.6 Å². The second-order valence-corrected chi connectivity index (χ2v) is 4.22. The molecule has 0 bridgehead atoms. The minimum absolute atomic E-state index is 0.174. The Balaban J connectivity index is 1.58. The maximum atomic E-state index is 11.1. The lowest BCUT2D eigenvalue weighted by molar-refractivity contribution is -0.136. The first-order chi connectivity index (χ1) is 8.27. The largest absolute Gasteiger partial charge is 0.458 e. The van der Waals surface area contributed by atoms with Crippen molar-refractivity contribution in [2.45, 2.75) is 32.1 Å². The molecule has 0 aliphatic carbocycles. The molecule has 0 N–H and O–H groups in total. The molecule has 4 nitrogen and oxygen atoms in total. The third-order valence-corrected chi connectivity index (χ3v) is 3.00. The van der Waals surface area contributed by atoms with Crippen LogP contribution in [0.15, 0.2) is 23.3 Å². The van der Waals surface area contributed by atoms with E-state index < -0.39 is 0 Å². The van der Waals surface area contributed by atoms with Gasteiger partial charge in [0.05, 0.1) is 0 Å². The molecule has 0 unspecified atom stereocenters. The molecule has 2 rings (SSSR count). The van der Waals surface area contributed by atoms with Crippen LogP contribution >= 0.6 is 0 Å². The molecule has 0 amide bonds. The van der Waals surface area contributed by atoms with Gasteiger partial charge in [0, 0.05) is 11.1 Å². The Kier molecular flexibility index (Phi) is 3.96. The van der Waals surface area contributed by atoms with Crippen LogP contribution in [0.2, 0.25) is 0 Å². The molecule has 0 atom stereocenters. The van der Waals surface area contributed by atoms with Crippen LogP contribution in [0.5, 0.6) is 0 Å². The van der Waals surface area contributed by atoms with Crippen LogP contribution in [-0.2, 0) is 19.1 Å². The lowest BCUT2D eigenvalue weighted by Gasteiger charge is -2.01. The number of carbonyl (C=O) groups excluding carboxylic acids is 2. The third kappa shape index (κ3) is 3.19. The maximum Gasteiger partial charge on any atom is 0.334 e. The molecule has 2 aliphatic rings. The van der Waals surface area contributed by atoms with Crippen LogP contribution in [0, 0.1) is 0 Å². The first kappa shape index (κ1) is 11.9. The molecule has 4 heteroatoms. The molecule has 0 fully saturated rings. The van der Waals surface area contributed by atoms with Crippen molar-refractivity contribution in [2.24, 2.45) is 0 Å². The van der Waals surface area contributed by atoms with Crippen LogP contribution in [0.25, 0.3) is 0 Å². The van der Waals surface area contributed by atoms with Gasteiger partial charge in [0.15, 0.2) is 0 Å². The highest BCUT2D eigenvalue weighted by atomic mass is 16.5. The summed E-state index contributed by atoms with van der Waals surface area (Å²) < 4.78 is 9.63. The molecular weight excluding hydrogens is 220 g/mol. The quantitative estimate of drug-likeness (QED) is 0.522. The highest BCUT2D eigenvalue weighted by Crippen LogP contribution is 2.18. The third-order valence-electron chi connectivity index (χ3n) is 3.00. The molecule has 2 aliphatic heterocycles. The second-order valence-electron chi connectivity index (χ2n) is 4.22. The summed E-state index contributed by atoms with van der Waals surface area (Å²) in [7, 11) is 0. The van der Waals surface area contributed by atoms with Gasteiger partial charge in [-0.15, -0.1) is 0 Å². The van der Waals surface area contributed by atoms with E-state index in [4.69, 9.17) is 9.47 Å². The Labute approximate surface area is 100 Å². The summed E-state index contributed by atoms with van der Waals surface area (Å²) in [4.78, 5) is 22.3. The number of cyclic esters (lactones) is 2. The van der Waals surface area contributed by atoms with E-state index in [0.717, 1.165) is 43.3 Å². The average Bonchev–Trinajstić information content (AvgIpc) is 2.89. The SMILES string of the molecule is O=C1OCC=C1CCCCCC1=CCOC1=O. The van der Waals surface area contributed by atoms with Crippen molar-refractivity contribution in [3.8, 4) is 0 Å². The molecule has 0 aromatic carbocycles. The molecule has 0 spiro atoms. The minimum Gasteiger partial charge on any atom is -0.458 e. The van der Waals surface area contributed by atoms with Crippen LogP contribution in [0.4, 0.5) is 0 Å². The van der Waals surface area contributed by atoms with Crippen molar-refractivity contribution in [3.05, 3.63) is 23.3 Å². The summed E-state index contributed by atoms with van der Waals surface area (Å²) in [6, 6.07) is 0. The van der Waals surface area contributed by atoms with Crippen molar-refractivity contribution >= 4 is 11.9 Å². The summed E-state index contributed by atoms with van der Waals surface area (Å²) in [6.45, 7) is 0.847. The predicted molar refractivity (Wildman–Crippen MR) is 61.2 cm³/mol. The number of hydrogen-bond donors (Lipinski definition) is 0. The lowest BCUT2D eigenvalue weighted by Crippen LogP contribution is -2.00. The van der Waals surface area contributed by atoms with Gasteiger partial charge >= 0.3 is 11.9 Å². The predicted octanol–water partition coefficient (Wildman–Crippen LogP) is 1.90. The highest BCUT2D eigenvalue weighted by molar-refractivity contribution is 5.90. The summed E-state index contributed by atoms with van der Waals surface area (Å²) >= 11 is 0. The van der Waals surface area contributed by atoms with Gasteiger partial charge in [-0.25, -0.2) is 9.59 Å². The normalized spacial score (nSPS) is 18.8. The van der Waals surface area contributed by atoms with Gasteiger partial charge in [0.1, 0.15) is 13.2 Å². The number of unbranched alkanes of at least 4 members (excludes halogenated alkanes) is 2. The molecule has 17 heavy (non-hydrogen) atoms. The van der Waals surface area contributed by atoms with Crippen molar-refractivity contribution < 1.29 is 19.1 Å². The van der Waals surface area contributed by atoms with E-state index in [1.165, 1.54) is 0 Å². The maximum absolute atomic E-state index is 11.1. The van der Waals surface area contributed by atoms with E-state index in [0.29, 0.717) is 13.2 Å². The summed E-state index contributed by atoms with van der Waals surface area (Å²) in [5.74, 6) is -0.348. The van der Waals surface area contributed by atoms with Crippen LogP contribution < -0.4 is 0 Å². The zero-order valence-electron chi connectivity index (χ0n) is 9.74. The molecule has 0 saturated heterocycles. The van der Waals surface area contributed by atoms with Crippen molar-refractivity contribution in [1.29, 1.82) is 0 Å². The fourth-order valence-corrected chi connectivity index (χ4v) is 2.00. The molecule has 0 saturated carbocycles. The number of carbonyl (C=O) groups is 2. The molecule has 0 aromatic heterocycles. The van der Waals surface area contributed by atoms with E-state index in [-0.39, 0.29) is 11.9 Å². The summed E-state index contributed by atoms with van der Waals surface area (Å²) in [5.41, 5.74) is 1.59. The fourth-order valence-electron chi connectivity index (χ4n) is 2.00. The molecular formula is C13H16O4. The molecule has 2 heterocycles. The number of hydrogen-bond acceptors (Lipinski definition) is 4. The Bertz CT molecular complexity index is 343. The Morgan fingerprint density at radius 1 is 0.824 bits per heavy atom. The van der Waals surface area contributed by atoms with E-state index >= 15 is 0 Å². The minimum atomic E-state index is -0.174. The van der Waals surface area contributed by atoms with Crippen LogP contribution in [-0.4, -0.2) is 25.2 Å². The monoisotopic (exact) mass is 236 g/mol. The van der Waals surface area contributed by atoms with Crippen LogP contribution in [0.1, 0.15) is 32.1 Å². The molecule has 92 valence electrons. The van der Waals surface area contributed by atoms with Crippen molar-refractivity contribution in [3.63, 3.8) is 0 Å². The lowest BCUT2D eigenvalue weighted by atomic mass is 10.0. The van der Waals surface area contributed by atoms with Crippen molar-refractivity contribution in [2.75, 3.05) is 13.2 Å². The summed E-state index contributed by atoms with van der Waals surface area (Å²) in [6.07, 6.45) is 8.19. The van der Waals surface area contributed by atoms with Gasteiger partial charge in [-0.1, -0.05) is 6.42 Å². The average molecular weight is 236 g/mol. The van der Waals surface area contributed by atoms with Crippen molar-refractivity contribution in [1.82, 2.24) is 0 Å². The van der Waals surface area contributed by atoms with E-state index in [1.807, 2.05) is 12.2 Å². The smallest absolute Gasteiger partial charge is 0.334 e. The number of ether oxygens (including phenoxy) is 2. The standard InChI is InChI=1S/C13H16O4/c14-12-10(6-8-16-12)4-2-1-3-5-11-7-9-17-13(11)15/h6-7H,1-5,8-9H2. The Hall–Kier alpha value is -1.58. The Morgan fingerprint density at radius 3 is 1.65 bits per heavy atom. The van der Waals surface area contributed by atoms with Gasteiger partial charge < -0.3 is 9.47 Å².